The normalized spacial score (nSPS) is 11.3. The van der Waals surface area contributed by atoms with Gasteiger partial charge in [0.15, 0.2) is 0 Å². The maximum Gasteiger partial charge on any atom is 0.318 e. The third-order valence-electron chi connectivity index (χ3n) is 2.65. The second-order valence-corrected chi connectivity index (χ2v) is 6.26. The number of ether oxygens (including phenoxy) is 1. The van der Waals surface area contributed by atoms with Crippen molar-refractivity contribution in [1.29, 1.82) is 5.26 Å². The van der Waals surface area contributed by atoms with Crippen molar-refractivity contribution >= 4 is 16.0 Å². The highest BCUT2D eigenvalue weighted by Crippen LogP contribution is 2.12. The van der Waals surface area contributed by atoms with Gasteiger partial charge >= 0.3 is 5.97 Å². The Bertz CT molecular complexity index is 636. The van der Waals surface area contributed by atoms with Gasteiger partial charge < -0.3 is 9.84 Å². The lowest BCUT2D eigenvalue weighted by atomic mass is 10.2. The molecular weight excluding hydrogens is 296 g/mol. The van der Waals surface area contributed by atoms with Gasteiger partial charge in [-0.25, -0.2) is 8.42 Å². The third kappa shape index (κ3) is 5.51. The van der Waals surface area contributed by atoms with Crippen molar-refractivity contribution < 1.29 is 23.1 Å². The largest absolute Gasteiger partial charge is 0.480 e. The van der Waals surface area contributed by atoms with Crippen molar-refractivity contribution in [3.63, 3.8) is 0 Å². The molecule has 7 nitrogen and oxygen atoms in total. The Labute approximate surface area is 123 Å². The zero-order valence-corrected chi connectivity index (χ0v) is 12.3. The van der Waals surface area contributed by atoms with Crippen molar-refractivity contribution in [3.05, 3.63) is 35.4 Å². The van der Waals surface area contributed by atoms with E-state index in [-0.39, 0.29) is 18.9 Å². The molecule has 0 atom stereocenters. The molecule has 0 saturated heterocycles. The average Bonchev–Trinajstić information content (AvgIpc) is 2.42. The van der Waals surface area contributed by atoms with Crippen LogP contribution in [0.25, 0.3) is 0 Å². The summed E-state index contributed by atoms with van der Waals surface area (Å²) in [5.74, 6) is -1.60. The molecule has 114 valence electrons. The number of rotatable bonds is 8. The number of carbonyl (C=O) groups is 1. The molecule has 0 amide bonds. The number of aliphatic carboxylic acids is 1. The molecule has 0 spiro atoms. The predicted molar refractivity (Wildman–Crippen MR) is 74.9 cm³/mol. The summed E-state index contributed by atoms with van der Waals surface area (Å²) < 4.78 is 30.2. The van der Waals surface area contributed by atoms with Crippen LogP contribution in [-0.4, -0.2) is 50.6 Å². The first kappa shape index (κ1) is 17.1. The Morgan fingerprint density at radius 3 is 2.76 bits per heavy atom. The quantitative estimate of drug-likeness (QED) is 0.745. The van der Waals surface area contributed by atoms with E-state index in [4.69, 9.17) is 15.1 Å². The van der Waals surface area contributed by atoms with Crippen LogP contribution < -0.4 is 0 Å². The highest BCUT2D eigenvalue weighted by Gasteiger charge is 2.24. The van der Waals surface area contributed by atoms with Crippen LogP contribution in [0.5, 0.6) is 0 Å². The van der Waals surface area contributed by atoms with Gasteiger partial charge in [-0.3, -0.25) is 4.79 Å². The zero-order chi connectivity index (χ0) is 15.9. The number of nitrogens with zero attached hydrogens (tertiary/aromatic N) is 2. The SMILES string of the molecule is COCCN(CC(=O)O)S(=O)(=O)Cc1cccc(C#N)c1. The Hall–Kier alpha value is -1.95. The van der Waals surface area contributed by atoms with Gasteiger partial charge in [0.25, 0.3) is 0 Å². The van der Waals surface area contributed by atoms with Gasteiger partial charge in [-0.1, -0.05) is 12.1 Å². The number of carboxylic acids is 1. The van der Waals surface area contributed by atoms with Crippen LogP contribution in [0.3, 0.4) is 0 Å². The summed E-state index contributed by atoms with van der Waals surface area (Å²) >= 11 is 0. The number of methoxy groups -OCH3 is 1. The molecule has 0 heterocycles. The van der Waals surface area contributed by atoms with E-state index in [1.54, 1.807) is 18.2 Å². The van der Waals surface area contributed by atoms with Gasteiger partial charge in [-0.2, -0.15) is 9.57 Å². The van der Waals surface area contributed by atoms with Crippen molar-refractivity contribution in [2.45, 2.75) is 5.75 Å². The number of hydrogen-bond donors (Lipinski definition) is 1. The van der Waals surface area contributed by atoms with Crippen LogP contribution in [0.1, 0.15) is 11.1 Å². The first-order valence-corrected chi connectivity index (χ1v) is 7.67. The number of sulfonamides is 1. The summed E-state index contributed by atoms with van der Waals surface area (Å²) in [4.78, 5) is 10.8. The van der Waals surface area contributed by atoms with E-state index in [9.17, 15) is 13.2 Å². The molecule has 1 aromatic rings. The van der Waals surface area contributed by atoms with Gasteiger partial charge in [-0.05, 0) is 17.7 Å². The standard InChI is InChI=1S/C13H16N2O5S/c1-20-6-5-15(9-13(16)17)21(18,19)10-12-4-2-3-11(7-12)8-14/h2-4,7H,5-6,9-10H2,1H3,(H,16,17). The minimum atomic E-state index is -3.80. The second-order valence-electron chi connectivity index (χ2n) is 4.29. The molecule has 21 heavy (non-hydrogen) atoms. The maximum absolute atomic E-state index is 12.3. The molecule has 0 bridgehead atoms. The van der Waals surface area contributed by atoms with Crippen LogP contribution >= 0.6 is 0 Å². The maximum atomic E-state index is 12.3. The predicted octanol–water partition coefficient (Wildman–Crippen LogP) is 0.421. The lowest BCUT2D eigenvalue weighted by Gasteiger charge is -2.20. The molecule has 0 saturated carbocycles. The first-order chi connectivity index (χ1) is 9.89. The average molecular weight is 312 g/mol. The summed E-state index contributed by atoms with van der Waals surface area (Å²) in [5.41, 5.74) is 0.784. The van der Waals surface area contributed by atoms with Crippen molar-refractivity contribution in [2.75, 3.05) is 26.8 Å². The van der Waals surface area contributed by atoms with E-state index < -0.39 is 22.5 Å². The van der Waals surface area contributed by atoms with Crippen molar-refractivity contribution in [1.82, 2.24) is 4.31 Å². The molecular formula is C13H16N2O5S. The lowest BCUT2D eigenvalue weighted by Crippen LogP contribution is -2.38. The van der Waals surface area contributed by atoms with Crippen LogP contribution in [0, 0.1) is 11.3 Å². The molecule has 0 radical (unpaired) electrons. The molecule has 0 aromatic heterocycles. The molecule has 1 aromatic carbocycles. The zero-order valence-electron chi connectivity index (χ0n) is 11.5. The van der Waals surface area contributed by atoms with E-state index >= 15 is 0 Å². The van der Waals surface area contributed by atoms with Crippen LogP contribution in [0.2, 0.25) is 0 Å². The summed E-state index contributed by atoms with van der Waals surface area (Å²) in [6, 6.07) is 8.12. The number of benzene rings is 1. The Kier molecular flexibility index (Phi) is 6.30. The van der Waals surface area contributed by atoms with Gasteiger partial charge in [0.1, 0.15) is 6.54 Å². The molecule has 1 rings (SSSR count). The molecule has 8 heteroatoms. The number of hydrogen-bond acceptors (Lipinski definition) is 5. The van der Waals surface area contributed by atoms with E-state index in [0.717, 1.165) is 4.31 Å². The number of nitriles is 1. The molecule has 0 unspecified atom stereocenters. The minimum Gasteiger partial charge on any atom is -0.480 e. The van der Waals surface area contributed by atoms with Crippen LogP contribution in [0.4, 0.5) is 0 Å². The molecule has 0 fully saturated rings. The van der Waals surface area contributed by atoms with Gasteiger partial charge in [0, 0.05) is 13.7 Å². The lowest BCUT2D eigenvalue weighted by molar-refractivity contribution is -0.137. The Morgan fingerprint density at radius 2 is 2.19 bits per heavy atom. The van der Waals surface area contributed by atoms with Crippen LogP contribution in [0.15, 0.2) is 24.3 Å². The first-order valence-electron chi connectivity index (χ1n) is 6.06. The minimum absolute atomic E-state index is 0.0386. The van der Waals surface area contributed by atoms with Crippen molar-refractivity contribution in [2.24, 2.45) is 0 Å². The molecule has 0 aliphatic rings. The fraction of sp³-hybridized carbons (Fsp3) is 0.385. The molecule has 0 aliphatic heterocycles. The summed E-state index contributed by atoms with van der Waals surface area (Å²) in [6.45, 7) is -0.558. The van der Waals surface area contributed by atoms with Gasteiger partial charge in [0.2, 0.25) is 10.0 Å². The highest BCUT2D eigenvalue weighted by atomic mass is 32.2. The number of carboxylic acid groups (broad SMARTS) is 1. The van der Waals surface area contributed by atoms with Crippen LogP contribution in [-0.2, 0) is 25.3 Å². The molecule has 1 N–H and O–H groups in total. The topological polar surface area (TPSA) is 108 Å². The van der Waals surface area contributed by atoms with Crippen molar-refractivity contribution in [3.8, 4) is 6.07 Å². The fourth-order valence-electron chi connectivity index (χ4n) is 1.69. The van der Waals surface area contributed by atoms with Gasteiger partial charge in [-0.15, -0.1) is 0 Å². The van der Waals surface area contributed by atoms with E-state index in [1.165, 1.54) is 13.2 Å². The van der Waals surface area contributed by atoms with E-state index in [2.05, 4.69) is 0 Å². The Balaban J connectivity index is 2.94. The highest BCUT2D eigenvalue weighted by molar-refractivity contribution is 7.88. The molecule has 0 aliphatic carbocycles. The summed E-state index contributed by atoms with van der Waals surface area (Å²) in [5, 5.41) is 17.6. The van der Waals surface area contributed by atoms with E-state index in [1.807, 2.05) is 6.07 Å². The summed E-state index contributed by atoms with van der Waals surface area (Å²) in [6.07, 6.45) is 0. The summed E-state index contributed by atoms with van der Waals surface area (Å²) in [7, 11) is -2.40. The third-order valence-corrected chi connectivity index (χ3v) is 4.45. The monoisotopic (exact) mass is 312 g/mol. The van der Waals surface area contributed by atoms with Gasteiger partial charge in [0.05, 0.1) is 24.0 Å². The Morgan fingerprint density at radius 1 is 1.48 bits per heavy atom. The second kappa shape index (κ2) is 7.73. The smallest absolute Gasteiger partial charge is 0.318 e. The fourth-order valence-corrected chi connectivity index (χ4v) is 3.14. The van der Waals surface area contributed by atoms with E-state index in [0.29, 0.717) is 11.1 Å².